The molecule has 0 radical (unpaired) electrons. The Morgan fingerprint density at radius 1 is 1.03 bits per heavy atom. The minimum Gasteiger partial charge on any atom is -0.382 e. The van der Waals surface area contributed by atoms with Gasteiger partial charge in [-0.2, -0.15) is 0 Å². The van der Waals surface area contributed by atoms with Crippen LogP contribution in [-0.2, 0) is 13.0 Å². The van der Waals surface area contributed by atoms with Crippen molar-refractivity contribution in [2.24, 2.45) is 5.73 Å². The summed E-state index contributed by atoms with van der Waals surface area (Å²) in [6.45, 7) is 0.286. The number of aromatic nitrogens is 2. The van der Waals surface area contributed by atoms with Gasteiger partial charge in [-0.15, -0.1) is 0 Å². The Hall–Kier alpha value is -3.16. The van der Waals surface area contributed by atoms with Crippen LogP contribution in [0.25, 0.3) is 0 Å². The Morgan fingerprint density at radius 3 is 2.45 bits per heavy atom. The zero-order chi connectivity index (χ0) is 21.0. The van der Waals surface area contributed by atoms with Crippen LogP contribution in [0.1, 0.15) is 37.7 Å². The van der Waals surface area contributed by atoms with Crippen molar-refractivity contribution in [1.82, 2.24) is 15.3 Å². The number of nitrogens with one attached hydrogen (secondary N) is 1. The van der Waals surface area contributed by atoms with Crippen LogP contribution in [0.15, 0.2) is 48.7 Å². The number of halogens is 2. The van der Waals surface area contributed by atoms with Gasteiger partial charge in [0.25, 0.3) is 11.8 Å². The number of hydrogen-bond donors (Lipinski definition) is 3. The second-order valence-corrected chi connectivity index (χ2v) is 7.17. The lowest BCUT2D eigenvalue weighted by Crippen LogP contribution is -2.23. The number of nitrogen functional groups attached to an aromatic ring is 1. The molecule has 148 valence electrons. The Balaban J connectivity index is 1.71. The molecule has 3 rings (SSSR count). The van der Waals surface area contributed by atoms with Crippen LogP contribution in [-0.4, -0.2) is 21.8 Å². The van der Waals surface area contributed by atoms with Crippen LogP contribution >= 0.6 is 23.2 Å². The van der Waals surface area contributed by atoms with Gasteiger partial charge in [0, 0.05) is 28.6 Å². The van der Waals surface area contributed by atoms with E-state index in [2.05, 4.69) is 15.3 Å². The third-order valence-corrected chi connectivity index (χ3v) is 4.47. The highest BCUT2D eigenvalue weighted by Crippen LogP contribution is 2.19. The number of nitrogens with zero attached hydrogens (tertiary/aromatic N) is 2. The van der Waals surface area contributed by atoms with E-state index in [1.165, 1.54) is 6.20 Å². The number of carbonyl (C=O) groups is 2. The molecule has 1 heterocycles. The van der Waals surface area contributed by atoms with Crippen LogP contribution < -0.4 is 16.8 Å². The van der Waals surface area contributed by atoms with Crippen LogP contribution in [0, 0.1) is 0 Å². The maximum absolute atomic E-state index is 12.5. The average Bonchev–Trinajstić information content (AvgIpc) is 2.67. The molecule has 0 fully saturated rings. The predicted octanol–water partition coefficient (Wildman–Crippen LogP) is 2.99. The maximum Gasteiger partial charge on any atom is 0.271 e. The summed E-state index contributed by atoms with van der Waals surface area (Å²) in [6.07, 6.45) is 1.83. The van der Waals surface area contributed by atoms with E-state index < -0.39 is 5.91 Å². The quantitative estimate of drug-likeness (QED) is 0.555. The minimum absolute atomic E-state index is 0.0181. The number of hydrogen-bond acceptors (Lipinski definition) is 5. The third-order valence-electron chi connectivity index (χ3n) is 4.03. The van der Waals surface area contributed by atoms with E-state index in [9.17, 15) is 9.59 Å². The van der Waals surface area contributed by atoms with Gasteiger partial charge >= 0.3 is 0 Å². The first-order chi connectivity index (χ1) is 13.8. The molecule has 0 bridgehead atoms. The molecule has 1 aromatic heterocycles. The van der Waals surface area contributed by atoms with Gasteiger partial charge < -0.3 is 16.8 Å². The Morgan fingerprint density at radius 2 is 1.76 bits per heavy atom. The maximum atomic E-state index is 12.5. The molecule has 2 aromatic carbocycles. The third kappa shape index (κ3) is 5.43. The van der Waals surface area contributed by atoms with Gasteiger partial charge in [-0.05, 0) is 41.5 Å². The molecule has 0 saturated heterocycles. The molecular weight excluding hydrogens is 413 g/mol. The van der Waals surface area contributed by atoms with Crippen LogP contribution in [0.2, 0.25) is 10.0 Å². The monoisotopic (exact) mass is 429 g/mol. The normalized spacial score (nSPS) is 10.6. The fraction of sp³-hybridized carbons (Fsp3) is 0.100. The lowest BCUT2D eigenvalue weighted by atomic mass is 10.1. The lowest BCUT2D eigenvalue weighted by Gasteiger charge is -2.09. The second-order valence-electron chi connectivity index (χ2n) is 6.30. The molecule has 0 atom stereocenters. The average molecular weight is 430 g/mol. The summed E-state index contributed by atoms with van der Waals surface area (Å²) < 4.78 is 0. The van der Waals surface area contributed by atoms with Crippen molar-refractivity contribution in [2.45, 2.75) is 13.0 Å². The lowest BCUT2D eigenvalue weighted by molar-refractivity contribution is 0.0949. The van der Waals surface area contributed by atoms with Crippen LogP contribution in [0.5, 0.6) is 0 Å². The van der Waals surface area contributed by atoms with Gasteiger partial charge in [-0.1, -0.05) is 35.3 Å². The van der Waals surface area contributed by atoms with E-state index in [0.29, 0.717) is 27.7 Å². The first-order valence-corrected chi connectivity index (χ1v) is 9.30. The van der Waals surface area contributed by atoms with Crippen LogP contribution in [0.3, 0.4) is 0 Å². The molecule has 5 N–H and O–H groups in total. The van der Waals surface area contributed by atoms with E-state index in [4.69, 9.17) is 34.7 Å². The van der Waals surface area contributed by atoms with Gasteiger partial charge in [0.05, 0.1) is 11.9 Å². The Kier molecular flexibility index (Phi) is 6.31. The van der Waals surface area contributed by atoms with Gasteiger partial charge in [-0.25, -0.2) is 9.97 Å². The van der Waals surface area contributed by atoms with Crippen molar-refractivity contribution >= 4 is 40.8 Å². The summed E-state index contributed by atoms with van der Waals surface area (Å²) in [6, 6.07) is 12.1. The molecule has 2 amide bonds. The highest BCUT2D eigenvalue weighted by Gasteiger charge is 2.12. The summed E-state index contributed by atoms with van der Waals surface area (Å²) in [4.78, 5) is 32.0. The molecule has 0 aliphatic carbocycles. The number of nitrogens with two attached hydrogens (primary N) is 2. The highest BCUT2D eigenvalue weighted by atomic mass is 35.5. The van der Waals surface area contributed by atoms with Crippen molar-refractivity contribution in [3.8, 4) is 0 Å². The van der Waals surface area contributed by atoms with E-state index in [-0.39, 0.29) is 24.0 Å². The fourth-order valence-corrected chi connectivity index (χ4v) is 3.30. The van der Waals surface area contributed by atoms with E-state index in [0.717, 1.165) is 11.1 Å². The SMILES string of the molecule is NC(=O)c1nc(Cc2cccc(C(=O)NCc3cc(Cl)cc(Cl)c3)c2)cnc1N. The molecule has 0 unspecified atom stereocenters. The number of benzene rings is 2. The summed E-state index contributed by atoms with van der Waals surface area (Å²) in [5.74, 6) is -1.01. The number of primary amides is 1. The van der Waals surface area contributed by atoms with Crippen molar-refractivity contribution in [3.63, 3.8) is 0 Å². The number of anilines is 1. The van der Waals surface area contributed by atoms with Crippen molar-refractivity contribution < 1.29 is 9.59 Å². The molecule has 0 spiro atoms. The second kappa shape index (κ2) is 8.89. The standard InChI is InChI=1S/C20H17Cl2N5O2/c21-14-5-12(6-15(22)8-14)9-26-20(29)13-3-1-2-11(4-13)7-16-10-25-18(23)17(27-16)19(24)28/h1-6,8,10H,7,9H2,(H2,23,25)(H2,24,28)(H,26,29). The molecule has 29 heavy (non-hydrogen) atoms. The van der Waals surface area contributed by atoms with E-state index in [1.54, 1.807) is 36.4 Å². The number of carbonyl (C=O) groups excluding carboxylic acids is 2. The summed E-state index contributed by atoms with van der Waals surface area (Å²) >= 11 is 12.0. The Bertz CT molecular complexity index is 1070. The predicted molar refractivity (Wildman–Crippen MR) is 112 cm³/mol. The molecule has 3 aromatic rings. The van der Waals surface area contributed by atoms with Crippen molar-refractivity contribution in [2.75, 3.05) is 5.73 Å². The largest absolute Gasteiger partial charge is 0.382 e. The first kappa shape index (κ1) is 20.6. The summed E-state index contributed by atoms with van der Waals surface area (Å²) in [5.41, 5.74) is 13.4. The van der Waals surface area contributed by atoms with Crippen molar-refractivity contribution in [1.29, 1.82) is 0 Å². The molecule has 9 heteroatoms. The molecular formula is C20H17Cl2N5O2. The minimum atomic E-state index is -0.744. The summed E-state index contributed by atoms with van der Waals surface area (Å²) in [7, 11) is 0. The highest BCUT2D eigenvalue weighted by molar-refractivity contribution is 6.34. The van der Waals surface area contributed by atoms with E-state index >= 15 is 0 Å². The summed E-state index contributed by atoms with van der Waals surface area (Å²) in [5, 5.41) is 3.84. The molecule has 0 aliphatic rings. The zero-order valence-corrected chi connectivity index (χ0v) is 16.7. The van der Waals surface area contributed by atoms with Gasteiger partial charge in [0.1, 0.15) is 0 Å². The zero-order valence-electron chi connectivity index (χ0n) is 15.2. The number of rotatable bonds is 6. The molecule has 7 nitrogen and oxygen atoms in total. The smallest absolute Gasteiger partial charge is 0.271 e. The topological polar surface area (TPSA) is 124 Å². The van der Waals surface area contributed by atoms with Crippen LogP contribution in [0.4, 0.5) is 5.82 Å². The molecule has 0 aliphatic heterocycles. The van der Waals surface area contributed by atoms with Gasteiger partial charge in [0.15, 0.2) is 11.5 Å². The number of amides is 2. The molecule has 0 saturated carbocycles. The van der Waals surface area contributed by atoms with Crippen molar-refractivity contribution in [3.05, 3.63) is 86.8 Å². The first-order valence-electron chi connectivity index (χ1n) is 8.55. The Labute approximate surface area is 177 Å². The fourth-order valence-electron chi connectivity index (χ4n) is 2.73. The van der Waals surface area contributed by atoms with Gasteiger partial charge in [0.2, 0.25) is 0 Å². The van der Waals surface area contributed by atoms with E-state index in [1.807, 2.05) is 6.07 Å². The van der Waals surface area contributed by atoms with Gasteiger partial charge in [-0.3, -0.25) is 9.59 Å².